The quantitative estimate of drug-likeness (QED) is 0.741. The van der Waals surface area contributed by atoms with Gasteiger partial charge in [0.05, 0.1) is 5.02 Å². The van der Waals surface area contributed by atoms with E-state index in [0.717, 1.165) is 49.9 Å². The largest absolute Gasteiger partial charge is 0.474 e. The number of carbonyl (C=O) groups is 1. The lowest BCUT2D eigenvalue weighted by Crippen LogP contribution is -2.49. The van der Waals surface area contributed by atoms with Gasteiger partial charge >= 0.3 is 0 Å². The number of nitrogens with zero attached hydrogens (tertiary/aromatic N) is 1. The molecule has 6 rings (SSSR count). The summed E-state index contributed by atoms with van der Waals surface area (Å²) in [6, 6.07) is 3.93. The van der Waals surface area contributed by atoms with E-state index >= 15 is 0 Å². The first-order valence-electron chi connectivity index (χ1n) is 11.1. The molecule has 0 aromatic carbocycles. The second-order valence-electron chi connectivity index (χ2n) is 10.1. The monoisotopic (exact) mass is 402 g/mol. The molecule has 0 spiro atoms. The van der Waals surface area contributed by atoms with E-state index in [4.69, 9.17) is 16.3 Å². The molecule has 5 saturated carbocycles. The van der Waals surface area contributed by atoms with Crippen molar-refractivity contribution in [2.24, 2.45) is 23.2 Å². The van der Waals surface area contributed by atoms with Crippen LogP contribution < -0.4 is 10.1 Å². The lowest BCUT2D eigenvalue weighted by molar-refractivity contribution is -0.130. The molecule has 1 amide bonds. The molecule has 1 heterocycles. The standard InChI is InChI=1S/C23H31ClN2O2/c24-18-1-6-22(25-14-18)28-20-4-2-19(3-5-20)26-21(27)13-23-10-15-7-16(11-23)9-17(8-15)12-23/h1,6,14-17,19-20H,2-5,7-13H2,(H,26,27). The predicted molar refractivity (Wildman–Crippen MR) is 109 cm³/mol. The number of hydrogen-bond acceptors (Lipinski definition) is 3. The Morgan fingerprint density at radius 2 is 1.71 bits per heavy atom. The van der Waals surface area contributed by atoms with Crippen molar-refractivity contribution in [3.8, 4) is 5.88 Å². The lowest BCUT2D eigenvalue weighted by Gasteiger charge is -2.56. The molecule has 0 saturated heterocycles. The van der Waals surface area contributed by atoms with Gasteiger partial charge in [-0.2, -0.15) is 0 Å². The van der Waals surface area contributed by atoms with Gasteiger partial charge in [-0.1, -0.05) is 11.6 Å². The average Bonchev–Trinajstić information content (AvgIpc) is 2.63. The molecule has 0 unspecified atom stereocenters. The number of halogens is 1. The third-order valence-corrected chi connectivity index (χ3v) is 7.95. The number of aromatic nitrogens is 1. The van der Waals surface area contributed by atoms with Crippen LogP contribution in [-0.4, -0.2) is 23.0 Å². The van der Waals surface area contributed by atoms with Crippen LogP contribution >= 0.6 is 11.6 Å². The highest BCUT2D eigenvalue weighted by molar-refractivity contribution is 6.30. The van der Waals surface area contributed by atoms with E-state index in [9.17, 15) is 4.79 Å². The van der Waals surface area contributed by atoms with Crippen LogP contribution in [0.1, 0.15) is 70.6 Å². The number of amides is 1. The smallest absolute Gasteiger partial charge is 0.220 e. The number of rotatable bonds is 5. The van der Waals surface area contributed by atoms with Crippen molar-refractivity contribution in [3.63, 3.8) is 0 Å². The maximum absolute atomic E-state index is 12.8. The minimum atomic E-state index is 0.185. The van der Waals surface area contributed by atoms with Crippen LogP contribution in [0.15, 0.2) is 18.3 Å². The summed E-state index contributed by atoms with van der Waals surface area (Å²) in [5.41, 5.74) is 0.333. The minimum Gasteiger partial charge on any atom is -0.474 e. The maximum Gasteiger partial charge on any atom is 0.220 e. The van der Waals surface area contributed by atoms with Gasteiger partial charge in [-0.15, -0.1) is 0 Å². The van der Waals surface area contributed by atoms with Crippen molar-refractivity contribution in [3.05, 3.63) is 23.4 Å². The number of nitrogens with one attached hydrogen (secondary N) is 1. The summed E-state index contributed by atoms with van der Waals surface area (Å²) in [5, 5.41) is 3.98. The maximum atomic E-state index is 12.8. The topological polar surface area (TPSA) is 51.2 Å². The Labute approximate surface area is 172 Å². The van der Waals surface area contributed by atoms with Crippen LogP contribution in [0.4, 0.5) is 0 Å². The normalized spacial score (nSPS) is 39.0. The Morgan fingerprint density at radius 3 is 2.29 bits per heavy atom. The fourth-order valence-corrected chi connectivity index (χ4v) is 7.17. The molecular weight excluding hydrogens is 372 g/mol. The Balaban J connectivity index is 1.09. The van der Waals surface area contributed by atoms with Gasteiger partial charge in [-0.3, -0.25) is 4.79 Å². The van der Waals surface area contributed by atoms with Gasteiger partial charge < -0.3 is 10.1 Å². The first-order valence-corrected chi connectivity index (χ1v) is 11.5. The van der Waals surface area contributed by atoms with Crippen molar-refractivity contribution in [1.29, 1.82) is 0 Å². The lowest BCUT2D eigenvalue weighted by atomic mass is 9.49. The van der Waals surface area contributed by atoms with Crippen LogP contribution in [0.5, 0.6) is 5.88 Å². The van der Waals surface area contributed by atoms with Gasteiger partial charge in [0.15, 0.2) is 0 Å². The van der Waals surface area contributed by atoms with Crippen LogP contribution in [-0.2, 0) is 4.79 Å². The third-order valence-electron chi connectivity index (χ3n) is 7.73. The van der Waals surface area contributed by atoms with E-state index < -0.39 is 0 Å². The average molecular weight is 403 g/mol. The van der Waals surface area contributed by atoms with Gasteiger partial charge in [0, 0.05) is 24.7 Å². The highest BCUT2D eigenvalue weighted by atomic mass is 35.5. The predicted octanol–water partition coefficient (Wildman–Crippen LogP) is 5.15. The van der Waals surface area contributed by atoms with E-state index in [0.29, 0.717) is 28.3 Å². The summed E-state index contributed by atoms with van der Waals surface area (Å²) in [5.74, 6) is 3.67. The molecule has 0 radical (unpaired) electrons. The Bertz CT molecular complexity index is 677. The molecule has 1 N–H and O–H groups in total. The van der Waals surface area contributed by atoms with Gasteiger partial charge in [0.1, 0.15) is 6.10 Å². The number of carbonyl (C=O) groups excluding carboxylic acids is 1. The second-order valence-corrected chi connectivity index (χ2v) is 10.5. The fourth-order valence-electron chi connectivity index (χ4n) is 7.05. The molecule has 152 valence electrons. The van der Waals surface area contributed by atoms with Crippen LogP contribution in [0.3, 0.4) is 0 Å². The summed E-state index contributed by atoms with van der Waals surface area (Å²) in [4.78, 5) is 17.1. The molecule has 1 aromatic heterocycles. The summed E-state index contributed by atoms with van der Waals surface area (Å²) in [6.45, 7) is 0. The molecule has 5 fully saturated rings. The van der Waals surface area contributed by atoms with Crippen LogP contribution in [0, 0.1) is 23.2 Å². The summed E-state index contributed by atoms with van der Waals surface area (Å²) >= 11 is 5.88. The molecule has 5 aliphatic rings. The summed E-state index contributed by atoms with van der Waals surface area (Å²) < 4.78 is 5.97. The van der Waals surface area contributed by atoms with Crippen molar-refractivity contribution in [2.45, 2.75) is 82.8 Å². The fraction of sp³-hybridized carbons (Fsp3) is 0.739. The highest BCUT2D eigenvalue weighted by Crippen LogP contribution is 2.61. The zero-order chi connectivity index (χ0) is 19.1. The first-order chi connectivity index (χ1) is 13.6. The minimum absolute atomic E-state index is 0.185. The molecule has 1 aromatic rings. The van der Waals surface area contributed by atoms with Gasteiger partial charge in [-0.25, -0.2) is 4.98 Å². The number of ether oxygens (including phenoxy) is 1. The van der Waals surface area contributed by atoms with E-state index in [-0.39, 0.29) is 6.10 Å². The van der Waals surface area contributed by atoms with Gasteiger partial charge in [0.25, 0.3) is 0 Å². The summed E-state index contributed by atoms with van der Waals surface area (Å²) in [7, 11) is 0. The van der Waals surface area contributed by atoms with Gasteiger partial charge in [0.2, 0.25) is 11.8 Å². The third kappa shape index (κ3) is 4.03. The molecule has 4 bridgehead atoms. The summed E-state index contributed by atoms with van der Waals surface area (Å²) in [6.07, 6.45) is 14.7. The number of pyridine rings is 1. The molecular formula is C23H31ClN2O2. The number of hydrogen-bond donors (Lipinski definition) is 1. The van der Waals surface area contributed by atoms with Crippen molar-refractivity contribution in [2.75, 3.05) is 0 Å². The molecule has 5 aliphatic carbocycles. The van der Waals surface area contributed by atoms with Crippen LogP contribution in [0.2, 0.25) is 5.02 Å². The van der Waals surface area contributed by atoms with Crippen molar-refractivity contribution in [1.82, 2.24) is 10.3 Å². The molecule has 28 heavy (non-hydrogen) atoms. The highest BCUT2D eigenvalue weighted by Gasteiger charge is 2.51. The Morgan fingerprint density at radius 1 is 1.07 bits per heavy atom. The zero-order valence-electron chi connectivity index (χ0n) is 16.5. The van der Waals surface area contributed by atoms with E-state index in [1.165, 1.54) is 38.5 Å². The molecule has 4 nitrogen and oxygen atoms in total. The van der Waals surface area contributed by atoms with E-state index in [2.05, 4.69) is 10.3 Å². The molecule has 0 aliphatic heterocycles. The Hall–Kier alpha value is -1.29. The van der Waals surface area contributed by atoms with Crippen molar-refractivity contribution < 1.29 is 9.53 Å². The second kappa shape index (κ2) is 7.51. The van der Waals surface area contributed by atoms with E-state index in [1.807, 2.05) is 6.07 Å². The molecule has 0 atom stereocenters. The van der Waals surface area contributed by atoms with Crippen LogP contribution in [0.25, 0.3) is 0 Å². The van der Waals surface area contributed by atoms with E-state index in [1.54, 1.807) is 12.3 Å². The zero-order valence-corrected chi connectivity index (χ0v) is 17.3. The van der Waals surface area contributed by atoms with Gasteiger partial charge in [-0.05, 0) is 93.4 Å². The first kappa shape index (κ1) is 18.7. The SMILES string of the molecule is O=C(CC12CC3CC(CC(C3)C1)C2)NC1CCC(Oc2ccc(Cl)cn2)CC1. The Kier molecular flexibility index (Phi) is 5.02. The van der Waals surface area contributed by atoms with Crippen molar-refractivity contribution >= 4 is 17.5 Å². The molecule has 5 heteroatoms.